The van der Waals surface area contributed by atoms with Crippen LogP contribution in [0.5, 0.6) is 5.75 Å². The maximum atomic E-state index is 10.9. The van der Waals surface area contributed by atoms with Crippen LogP contribution in [0.15, 0.2) is 18.2 Å². The van der Waals surface area contributed by atoms with Crippen LogP contribution in [0.1, 0.15) is 24.8 Å². The SMILES string of the molecule is Cc1ccc([N+](=O)[O-])c(OC[C@@H]2CCCCO2)c1. The quantitative estimate of drug-likeness (QED) is 0.609. The Morgan fingerprint density at radius 2 is 2.33 bits per heavy atom. The van der Waals surface area contributed by atoms with Crippen LogP contribution in [0.3, 0.4) is 0 Å². The van der Waals surface area contributed by atoms with Gasteiger partial charge in [-0.2, -0.15) is 0 Å². The van der Waals surface area contributed by atoms with Gasteiger partial charge in [0.25, 0.3) is 0 Å². The van der Waals surface area contributed by atoms with E-state index in [1.165, 1.54) is 6.07 Å². The number of nitro benzene ring substituents is 1. The van der Waals surface area contributed by atoms with Crippen LogP contribution < -0.4 is 4.74 Å². The van der Waals surface area contributed by atoms with Gasteiger partial charge in [0, 0.05) is 12.7 Å². The number of hydrogen-bond acceptors (Lipinski definition) is 4. The van der Waals surface area contributed by atoms with E-state index in [9.17, 15) is 10.1 Å². The van der Waals surface area contributed by atoms with E-state index in [0.717, 1.165) is 31.4 Å². The van der Waals surface area contributed by atoms with Gasteiger partial charge in [0.1, 0.15) is 6.61 Å². The predicted octanol–water partition coefficient (Wildman–Crippen LogP) is 2.85. The Morgan fingerprint density at radius 1 is 1.50 bits per heavy atom. The minimum atomic E-state index is -0.420. The van der Waals surface area contributed by atoms with Crippen molar-refractivity contribution in [3.05, 3.63) is 33.9 Å². The van der Waals surface area contributed by atoms with Crippen LogP contribution in [0.4, 0.5) is 5.69 Å². The van der Waals surface area contributed by atoms with Gasteiger partial charge in [-0.15, -0.1) is 0 Å². The first-order valence-electron chi connectivity index (χ1n) is 6.16. The van der Waals surface area contributed by atoms with Gasteiger partial charge in [-0.3, -0.25) is 10.1 Å². The molecule has 1 fully saturated rings. The molecule has 1 saturated heterocycles. The van der Waals surface area contributed by atoms with E-state index < -0.39 is 4.92 Å². The van der Waals surface area contributed by atoms with Gasteiger partial charge in [-0.1, -0.05) is 6.07 Å². The zero-order valence-corrected chi connectivity index (χ0v) is 10.4. The smallest absolute Gasteiger partial charge is 0.310 e. The highest BCUT2D eigenvalue weighted by Crippen LogP contribution is 2.28. The summed E-state index contributed by atoms with van der Waals surface area (Å²) >= 11 is 0. The van der Waals surface area contributed by atoms with Crippen molar-refractivity contribution < 1.29 is 14.4 Å². The van der Waals surface area contributed by atoms with Gasteiger partial charge in [-0.05, 0) is 37.8 Å². The van der Waals surface area contributed by atoms with Gasteiger partial charge in [-0.25, -0.2) is 0 Å². The van der Waals surface area contributed by atoms with Crippen LogP contribution >= 0.6 is 0 Å². The van der Waals surface area contributed by atoms with Crippen molar-refractivity contribution in [2.45, 2.75) is 32.3 Å². The first-order chi connectivity index (χ1) is 8.66. The van der Waals surface area contributed by atoms with E-state index in [2.05, 4.69) is 0 Å². The van der Waals surface area contributed by atoms with E-state index in [1.54, 1.807) is 12.1 Å². The molecule has 0 saturated carbocycles. The largest absolute Gasteiger partial charge is 0.484 e. The average molecular weight is 251 g/mol. The van der Waals surface area contributed by atoms with Crippen molar-refractivity contribution in [3.63, 3.8) is 0 Å². The van der Waals surface area contributed by atoms with Gasteiger partial charge >= 0.3 is 5.69 Å². The van der Waals surface area contributed by atoms with Crippen LogP contribution in [0.25, 0.3) is 0 Å². The van der Waals surface area contributed by atoms with Crippen molar-refractivity contribution >= 4 is 5.69 Å². The zero-order valence-electron chi connectivity index (χ0n) is 10.4. The number of nitrogens with zero attached hydrogens (tertiary/aromatic N) is 1. The topological polar surface area (TPSA) is 61.6 Å². The molecule has 1 heterocycles. The minimum absolute atomic E-state index is 0.0106. The summed E-state index contributed by atoms with van der Waals surface area (Å²) in [5, 5.41) is 10.9. The van der Waals surface area contributed by atoms with Gasteiger partial charge in [0.05, 0.1) is 11.0 Å². The Balaban J connectivity index is 2.03. The normalized spacial score (nSPS) is 19.5. The lowest BCUT2D eigenvalue weighted by molar-refractivity contribution is -0.386. The molecule has 0 amide bonds. The highest BCUT2D eigenvalue weighted by atomic mass is 16.6. The molecule has 1 aromatic carbocycles. The van der Waals surface area contributed by atoms with Crippen LogP contribution in [-0.2, 0) is 4.74 Å². The molecule has 18 heavy (non-hydrogen) atoms. The summed E-state index contributed by atoms with van der Waals surface area (Å²) in [6, 6.07) is 4.88. The molecule has 5 heteroatoms. The maximum absolute atomic E-state index is 10.9. The summed E-state index contributed by atoms with van der Waals surface area (Å²) in [6.45, 7) is 3.02. The zero-order chi connectivity index (χ0) is 13.0. The molecular formula is C13H17NO4. The highest BCUT2D eigenvalue weighted by molar-refractivity contribution is 5.48. The lowest BCUT2D eigenvalue weighted by Crippen LogP contribution is -2.25. The van der Waals surface area contributed by atoms with Crippen molar-refractivity contribution in [3.8, 4) is 5.75 Å². The molecule has 98 valence electrons. The molecule has 1 atom stereocenters. The molecule has 0 N–H and O–H groups in total. The summed E-state index contributed by atoms with van der Waals surface area (Å²) in [4.78, 5) is 10.5. The van der Waals surface area contributed by atoms with E-state index in [0.29, 0.717) is 12.4 Å². The maximum Gasteiger partial charge on any atom is 0.310 e. The molecule has 0 unspecified atom stereocenters. The molecule has 0 spiro atoms. The molecule has 0 aliphatic carbocycles. The standard InChI is InChI=1S/C13H17NO4/c1-10-5-6-12(14(15)16)13(8-10)18-9-11-4-2-3-7-17-11/h5-6,8,11H,2-4,7,9H2,1H3/t11-/m0/s1. The number of hydrogen-bond donors (Lipinski definition) is 0. The lowest BCUT2D eigenvalue weighted by atomic mass is 10.1. The molecule has 0 bridgehead atoms. The number of ether oxygens (including phenoxy) is 2. The Labute approximate surface area is 106 Å². The first-order valence-corrected chi connectivity index (χ1v) is 6.16. The Kier molecular flexibility index (Phi) is 4.15. The second-order valence-electron chi connectivity index (χ2n) is 4.53. The number of nitro groups is 1. The van der Waals surface area contributed by atoms with Gasteiger partial charge < -0.3 is 9.47 Å². The van der Waals surface area contributed by atoms with Crippen molar-refractivity contribution in [2.24, 2.45) is 0 Å². The van der Waals surface area contributed by atoms with Crippen LogP contribution in [0, 0.1) is 17.0 Å². The second kappa shape index (κ2) is 5.82. The predicted molar refractivity (Wildman–Crippen MR) is 66.9 cm³/mol. The summed E-state index contributed by atoms with van der Waals surface area (Å²) in [5.41, 5.74) is 0.955. The van der Waals surface area contributed by atoms with Crippen molar-refractivity contribution in [1.82, 2.24) is 0 Å². The second-order valence-corrected chi connectivity index (χ2v) is 4.53. The third kappa shape index (κ3) is 3.20. The molecule has 2 rings (SSSR count). The van der Waals surface area contributed by atoms with Crippen molar-refractivity contribution in [2.75, 3.05) is 13.2 Å². The molecule has 1 aliphatic heterocycles. The third-order valence-corrected chi connectivity index (χ3v) is 3.01. The Bertz CT molecular complexity index is 427. The minimum Gasteiger partial charge on any atom is -0.484 e. The lowest BCUT2D eigenvalue weighted by Gasteiger charge is -2.22. The van der Waals surface area contributed by atoms with Gasteiger partial charge in [0.15, 0.2) is 5.75 Å². The molecule has 0 aromatic heterocycles. The number of rotatable bonds is 4. The monoisotopic (exact) mass is 251 g/mol. The van der Waals surface area contributed by atoms with E-state index >= 15 is 0 Å². The van der Waals surface area contributed by atoms with E-state index in [4.69, 9.17) is 9.47 Å². The molecule has 1 aromatic rings. The summed E-state index contributed by atoms with van der Waals surface area (Å²) in [5.74, 6) is 0.328. The van der Waals surface area contributed by atoms with Crippen LogP contribution in [-0.4, -0.2) is 24.2 Å². The Morgan fingerprint density at radius 3 is 3.00 bits per heavy atom. The third-order valence-electron chi connectivity index (χ3n) is 3.01. The first kappa shape index (κ1) is 12.8. The molecular weight excluding hydrogens is 234 g/mol. The van der Waals surface area contributed by atoms with E-state index in [1.807, 2.05) is 6.92 Å². The average Bonchev–Trinajstić information content (AvgIpc) is 2.37. The summed E-state index contributed by atoms with van der Waals surface area (Å²) in [7, 11) is 0. The summed E-state index contributed by atoms with van der Waals surface area (Å²) in [6.07, 6.45) is 3.23. The summed E-state index contributed by atoms with van der Waals surface area (Å²) < 4.78 is 11.1. The number of benzene rings is 1. The number of aryl methyl sites for hydroxylation is 1. The molecule has 0 radical (unpaired) electrons. The van der Waals surface area contributed by atoms with Gasteiger partial charge in [0.2, 0.25) is 0 Å². The highest BCUT2D eigenvalue weighted by Gasteiger charge is 2.19. The Hall–Kier alpha value is -1.62. The van der Waals surface area contributed by atoms with E-state index in [-0.39, 0.29) is 11.8 Å². The fourth-order valence-electron chi connectivity index (χ4n) is 2.01. The van der Waals surface area contributed by atoms with Crippen LogP contribution in [0.2, 0.25) is 0 Å². The van der Waals surface area contributed by atoms with Crippen molar-refractivity contribution in [1.29, 1.82) is 0 Å². The molecule has 5 nitrogen and oxygen atoms in total. The fraction of sp³-hybridized carbons (Fsp3) is 0.538. The molecule has 1 aliphatic rings. The fourth-order valence-corrected chi connectivity index (χ4v) is 2.01.